The van der Waals surface area contributed by atoms with Gasteiger partial charge in [-0.25, -0.2) is 9.59 Å². The average Bonchev–Trinajstić information content (AvgIpc) is 2.41. The van der Waals surface area contributed by atoms with Crippen LogP contribution in [0.25, 0.3) is 0 Å². The topological polar surface area (TPSA) is 96.6 Å². The molecule has 1 aromatic heterocycles. The molecule has 0 fully saturated rings. The van der Waals surface area contributed by atoms with Crippen molar-refractivity contribution in [1.82, 2.24) is 4.57 Å². The highest BCUT2D eigenvalue weighted by Crippen LogP contribution is 2.06. The van der Waals surface area contributed by atoms with Crippen LogP contribution in [0.4, 0.5) is 0 Å². The zero-order valence-corrected chi connectivity index (χ0v) is 10.3. The normalized spacial score (nSPS) is 10.2. The molecule has 1 aromatic carbocycles. The molecule has 20 heavy (non-hydrogen) atoms. The van der Waals surface area contributed by atoms with E-state index in [1.807, 2.05) is 6.07 Å². The number of carboxylic acid groups (broad SMARTS) is 2. The number of aromatic carboxylic acids is 2. The minimum atomic E-state index is -1.55. The van der Waals surface area contributed by atoms with Crippen LogP contribution < -0.4 is 5.56 Å². The summed E-state index contributed by atoms with van der Waals surface area (Å²) in [5.74, 6) is -2.99. The van der Waals surface area contributed by atoms with Crippen LogP contribution in [0.2, 0.25) is 0 Å². The summed E-state index contributed by atoms with van der Waals surface area (Å²) in [5, 5.41) is 17.9. The highest BCUT2D eigenvalue weighted by atomic mass is 16.4. The molecule has 1 heterocycles. The Labute approximate surface area is 113 Å². The lowest BCUT2D eigenvalue weighted by Gasteiger charge is -2.08. The molecule has 0 saturated carbocycles. The molecule has 6 heteroatoms. The van der Waals surface area contributed by atoms with E-state index in [2.05, 4.69) is 0 Å². The molecule has 0 saturated heterocycles. The fraction of sp³-hybridized carbons (Fsp3) is 0.0714. The van der Waals surface area contributed by atoms with Crippen LogP contribution in [0.15, 0.2) is 47.4 Å². The molecular formula is C14H11NO5. The summed E-state index contributed by atoms with van der Waals surface area (Å²) < 4.78 is 1.17. The van der Waals surface area contributed by atoms with Gasteiger partial charge >= 0.3 is 11.9 Å². The first-order chi connectivity index (χ1) is 9.50. The predicted octanol–water partition coefficient (Wildman–Crippen LogP) is 1.29. The van der Waals surface area contributed by atoms with Gasteiger partial charge in [0.05, 0.1) is 12.1 Å². The Bertz CT molecular complexity index is 718. The van der Waals surface area contributed by atoms with Gasteiger partial charge < -0.3 is 14.8 Å². The monoisotopic (exact) mass is 273 g/mol. The number of hydrogen-bond acceptors (Lipinski definition) is 3. The second kappa shape index (κ2) is 5.40. The van der Waals surface area contributed by atoms with E-state index in [1.165, 1.54) is 10.8 Å². The summed E-state index contributed by atoms with van der Waals surface area (Å²) in [6, 6.07) is 10.1. The Balaban J connectivity index is 2.52. The van der Waals surface area contributed by atoms with Gasteiger partial charge in [-0.1, -0.05) is 30.3 Å². The second-order valence-electron chi connectivity index (χ2n) is 4.13. The molecular weight excluding hydrogens is 262 g/mol. The minimum absolute atomic E-state index is 0.180. The number of carboxylic acids is 2. The molecule has 2 N–H and O–H groups in total. The van der Waals surface area contributed by atoms with E-state index in [4.69, 9.17) is 10.2 Å². The molecule has 0 aliphatic carbocycles. The molecule has 0 aliphatic rings. The van der Waals surface area contributed by atoms with E-state index in [0.717, 1.165) is 11.6 Å². The SMILES string of the molecule is O=C(O)c1ccn(Cc2ccccc2)c(=O)c1C(=O)O. The van der Waals surface area contributed by atoms with Crippen molar-refractivity contribution in [1.29, 1.82) is 0 Å². The zero-order chi connectivity index (χ0) is 14.7. The Hall–Kier alpha value is -2.89. The van der Waals surface area contributed by atoms with Crippen molar-refractivity contribution in [2.75, 3.05) is 0 Å². The predicted molar refractivity (Wildman–Crippen MR) is 70.2 cm³/mol. The Kier molecular flexibility index (Phi) is 3.65. The molecule has 2 aromatic rings. The molecule has 0 amide bonds. The number of nitrogens with zero attached hydrogens (tertiary/aromatic N) is 1. The second-order valence-corrected chi connectivity index (χ2v) is 4.13. The van der Waals surface area contributed by atoms with Crippen molar-refractivity contribution < 1.29 is 19.8 Å². The van der Waals surface area contributed by atoms with Crippen LogP contribution in [-0.4, -0.2) is 26.7 Å². The first-order valence-electron chi connectivity index (χ1n) is 5.74. The van der Waals surface area contributed by atoms with E-state index in [9.17, 15) is 14.4 Å². The standard InChI is InChI=1S/C14H11NO5/c16-12-11(14(19)20)10(13(17)18)6-7-15(12)8-9-4-2-1-3-5-9/h1-7H,8H2,(H,17,18)(H,19,20). The van der Waals surface area contributed by atoms with Gasteiger partial charge in [0.25, 0.3) is 5.56 Å². The van der Waals surface area contributed by atoms with Gasteiger partial charge in [-0.2, -0.15) is 0 Å². The number of carbonyl (C=O) groups is 2. The van der Waals surface area contributed by atoms with Gasteiger partial charge in [-0.3, -0.25) is 4.79 Å². The van der Waals surface area contributed by atoms with Crippen LogP contribution in [0.1, 0.15) is 26.3 Å². The molecule has 0 aliphatic heterocycles. The zero-order valence-electron chi connectivity index (χ0n) is 10.3. The van der Waals surface area contributed by atoms with E-state index in [0.29, 0.717) is 0 Å². The van der Waals surface area contributed by atoms with Gasteiger partial charge in [0, 0.05) is 6.20 Å². The largest absolute Gasteiger partial charge is 0.478 e. The highest BCUT2D eigenvalue weighted by Gasteiger charge is 2.21. The van der Waals surface area contributed by atoms with Crippen molar-refractivity contribution in [2.45, 2.75) is 6.54 Å². The van der Waals surface area contributed by atoms with Gasteiger partial charge in [0.15, 0.2) is 0 Å². The Morgan fingerprint density at radius 3 is 2.20 bits per heavy atom. The molecule has 0 spiro atoms. The van der Waals surface area contributed by atoms with Crippen LogP contribution in [0.5, 0.6) is 0 Å². The summed E-state index contributed by atoms with van der Waals surface area (Å²) in [4.78, 5) is 34.1. The van der Waals surface area contributed by atoms with Crippen molar-refractivity contribution >= 4 is 11.9 Å². The van der Waals surface area contributed by atoms with Crippen LogP contribution >= 0.6 is 0 Å². The molecule has 102 valence electrons. The average molecular weight is 273 g/mol. The third-order valence-electron chi connectivity index (χ3n) is 2.81. The molecule has 0 unspecified atom stereocenters. The minimum Gasteiger partial charge on any atom is -0.478 e. The summed E-state index contributed by atoms with van der Waals surface area (Å²) >= 11 is 0. The van der Waals surface area contributed by atoms with Gasteiger partial charge in [-0.05, 0) is 11.6 Å². The molecule has 0 bridgehead atoms. The number of hydrogen-bond donors (Lipinski definition) is 2. The molecule has 0 radical (unpaired) electrons. The third-order valence-corrected chi connectivity index (χ3v) is 2.81. The van der Waals surface area contributed by atoms with Crippen LogP contribution in [-0.2, 0) is 6.54 Å². The fourth-order valence-corrected chi connectivity index (χ4v) is 1.86. The van der Waals surface area contributed by atoms with Gasteiger partial charge in [-0.15, -0.1) is 0 Å². The van der Waals surface area contributed by atoms with Crippen molar-refractivity contribution in [3.63, 3.8) is 0 Å². The van der Waals surface area contributed by atoms with Crippen molar-refractivity contribution in [3.8, 4) is 0 Å². The summed E-state index contributed by atoms with van der Waals surface area (Å²) in [5.41, 5.74) is -1.25. The fourth-order valence-electron chi connectivity index (χ4n) is 1.86. The Morgan fingerprint density at radius 2 is 1.65 bits per heavy atom. The van der Waals surface area contributed by atoms with E-state index < -0.39 is 28.6 Å². The molecule has 0 atom stereocenters. The Morgan fingerprint density at radius 1 is 1.00 bits per heavy atom. The number of rotatable bonds is 4. The van der Waals surface area contributed by atoms with Crippen molar-refractivity contribution in [2.24, 2.45) is 0 Å². The lowest BCUT2D eigenvalue weighted by Crippen LogP contribution is -2.29. The molecule has 6 nitrogen and oxygen atoms in total. The van der Waals surface area contributed by atoms with E-state index >= 15 is 0 Å². The number of pyridine rings is 1. The lowest BCUT2D eigenvalue weighted by molar-refractivity contribution is 0.0649. The highest BCUT2D eigenvalue weighted by molar-refractivity contribution is 6.01. The van der Waals surface area contributed by atoms with E-state index in [1.54, 1.807) is 24.3 Å². The first kappa shape index (κ1) is 13.5. The van der Waals surface area contributed by atoms with E-state index in [-0.39, 0.29) is 6.54 Å². The van der Waals surface area contributed by atoms with Crippen LogP contribution in [0.3, 0.4) is 0 Å². The smallest absolute Gasteiger partial charge is 0.342 e. The molecule has 2 rings (SSSR count). The van der Waals surface area contributed by atoms with Gasteiger partial charge in [0.2, 0.25) is 0 Å². The maximum atomic E-state index is 12.1. The maximum absolute atomic E-state index is 12.1. The maximum Gasteiger partial charge on any atom is 0.342 e. The first-order valence-corrected chi connectivity index (χ1v) is 5.74. The third kappa shape index (κ3) is 2.59. The quantitative estimate of drug-likeness (QED) is 0.875. The number of aromatic nitrogens is 1. The summed E-state index contributed by atoms with van der Waals surface area (Å²) in [7, 11) is 0. The van der Waals surface area contributed by atoms with Crippen LogP contribution in [0, 0.1) is 0 Å². The number of benzene rings is 1. The van der Waals surface area contributed by atoms with Crippen molar-refractivity contribution in [3.05, 3.63) is 69.6 Å². The summed E-state index contributed by atoms with van der Waals surface area (Å²) in [6.45, 7) is 0.180. The lowest BCUT2D eigenvalue weighted by atomic mass is 10.1. The summed E-state index contributed by atoms with van der Waals surface area (Å²) in [6.07, 6.45) is 1.28. The van der Waals surface area contributed by atoms with Gasteiger partial charge in [0.1, 0.15) is 5.56 Å².